The van der Waals surface area contributed by atoms with Crippen molar-refractivity contribution in [3.05, 3.63) is 23.8 Å². The summed E-state index contributed by atoms with van der Waals surface area (Å²) in [5.74, 6) is 1.53. The minimum Gasteiger partial charge on any atom is -0.497 e. The summed E-state index contributed by atoms with van der Waals surface area (Å²) in [6, 6.07) is 5.28. The summed E-state index contributed by atoms with van der Waals surface area (Å²) in [5.41, 5.74) is 0.565. The number of ether oxygens (including phenoxy) is 3. The van der Waals surface area contributed by atoms with Gasteiger partial charge in [-0.05, 0) is 30.9 Å². The van der Waals surface area contributed by atoms with Crippen LogP contribution in [-0.4, -0.2) is 33.2 Å². The zero-order chi connectivity index (χ0) is 15.2. The van der Waals surface area contributed by atoms with E-state index in [9.17, 15) is 4.79 Å². The lowest BCUT2D eigenvalue weighted by molar-refractivity contribution is 0.0312. The second kappa shape index (κ2) is 7.46. The maximum atomic E-state index is 12.8. The third kappa shape index (κ3) is 3.56. The van der Waals surface area contributed by atoms with Crippen molar-refractivity contribution in [3.8, 4) is 11.5 Å². The summed E-state index contributed by atoms with van der Waals surface area (Å²) in [4.78, 5) is 12.8. The van der Waals surface area contributed by atoms with E-state index in [4.69, 9.17) is 14.2 Å². The first-order valence-corrected chi connectivity index (χ1v) is 7.50. The summed E-state index contributed by atoms with van der Waals surface area (Å²) < 4.78 is 16.0. The van der Waals surface area contributed by atoms with E-state index in [-0.39, 0.29) is 11.9 Å². The second-order valence-electron chi connectivity index (χ2n) is 5.48. The molecule has 2 rings (SSSR count). The van der Waals surface area contributed by atoms with Gasteiger partial charge in [-0.15, -0.1) is 0 Å². The standard InChI is InChI=1S/C17H24O4/c1-19-13-9-10-14(15(11-13)20-2)16(18)17(21-3)12-7-5-4-6-8-12/h9-12,17H,4-8H2,1-3H3. The Kier molecular flexibility index (Phi) is 5.62. The highest BCUT2D eigenvalue weighted by atomic mass is 16.5. The van der Waals surface area contributed by atoms with Crippen molar-refractivity contribution in [2.75, 3.05) is 21.3 Å². The van der Waals surface area contributed by atoms with Gasteiger partial charge in [-0.2, -0.15) is 0 Å². The normalized spacial score (nSPS) is 17.3. The first-order chi connectivity index (χ1) is 10.2. The van der Waals surface area contributed by atoms with Crippen LogP contribution in [0.1, 0.15) is 42.5 Å². The van der Waals surface area contributed by atoms with Crippen LogP contribution in [0.2, 0.25) is 0 Å². The molecule has 0 saturated heterocycles. The average Bonchev–Trinajstić information content (AvgIpc) is 2.55. The molecule has 0 N–H and O–H groups in total. The van der Waals surface area contributed by atoms with Crippen molar-refractivity contribution >= 4 is 5.78 Å². The molecule has 0 heterocycles. The number of carbonyl (C=O) groups excluding carboxylic acids is 1. The number of benzene rings is 1. The summed E-state index contributed by atoms with van der Waals surface area (Å²) >= 11 is 0. The molecule has 1 aromatic carbocycles. The first kappa shape index (κ1) is 15.8. The Morgan fingerprint density at radius 2 is 1.81 bits per heavy atom. The largest absolute Gasteiger partial charge is 0.497 e. The van der Waals surface area contributed by atoms with Crippen LogP contribution < -0.4 is 9.47 Å². The number of Topliss-reactive ketones (excluding diaryl/α,β-unsaturated/α-hetero) is 1. The molecular formula is C17H24O4. The minimum atomic E-state index is -0.382. The number of methoxy groups -OCH3 is 3. The van der Waals surface area contributed by atoms with Crippen LogP contribution in [0.25, 0.3) is 0 Å². The number of rotatable bonds is 6. The molecule has 1 aromatic rings. The van der Waals surface area contributed by atoms with Gasteiger partial charge >= 0.3 is 0 Å². The zero-order valence-corrected chi connectivity index (χ0v) is 13.1. The predicted molar refractivity (Wildman–Crippen MR) is 81.2 cm³/mol. The van der Waals surface area contributed by atoms with E-state index in [0.29, 0.717) is 23.0 Å². The smallest absolute Gasteiger partial charge is 0.195 e. The van der Waals surface area contributed by atoms with Gasteiger partial charge in [0.15, 0.2) is 5.78 Å². The van der Waals surface area contributed by atoms with Gasteiger partial charge in [0, 0.05) is 13.2 Å². The van der Waals surface area contributed by atoms with Gasteiger partial charge in [0.1, 0.15) is 17.6 Å². The molecule has 1 fully saturated rings. The molecule has 1 saturated carbocycles. The Bertz CT molecular complexity index is 478. The zero-order valence-electron chi connectivity index (χ0n) is 13.1. The first-order valence-electron chi connectivity index (χ1n) is 7.50. The van der Waals surface area contributed by atoms with Crippen LogP contribution in [-0.2, 0) is 4.74 Å². The Hall–Kier alpha value is -1.55. The van der Waals surface area contributed by atoms with E-state index in [1.807, 2.05) is 0 Å². The van der Waals surface area contributed by atoms with Crippen molar-refractivity contribution in [3.63, 3.8) is 0 Å². The van der Waals surface area contributed by atoms with E-state index in [1.165, 1.54) is 19.3 Å². The Morgan fingerprint density at radius 3 is 2.38 bits per heavy atom. The predicted octanol–water partition coefficient (Wildman–Crippen LogP) is 3.48. The van der Waals surface area contributed by atoms with Crippen molar-refractivity contribution in [1.29, 1.82) is 0 Å². The van der Waals surface area contributed by atoms with Crippen molar-refractivity contribution in [1.82, 2.24) is 0 Å². The summed E-state index contributed by atoms with van der Waals surface area (Å²) in [5, 5.41) is 0. The van der Waals surface area contributed by atoms with Gasteiger partial charge in [0.25, 0.3) is 0 Å². The third-order valence-corrected chi connectivity index (χ3v) is 4.26. The fourth-order valence-electron chi connectivity index (χ4n) is 3.11. The van der Waals surface area contributed by atoms with Gasteiger partial charge < -0.3 is 14.2 Å². The number of hydrogen-bond donors (Lipinski definition) is 0. The third-order valence-electron chi connectivity index (χ3n) is 4.26. The second-order valence-corrected chi connectivity index (χ2v) is 5.48. The number of hydrogen-bond acceptors (Lipinski definition) is 4. The Balaban J connectivity index is 2.24. The molecular weight excluding hydrogens is 268 g/mol. The van der Waals surface area contributed by atoms with Gasteiger partial charge in [-0.3, -0.25) is 4.79 Å². The quantitative estimate of drug-likeness (QED) is 0.753. The molecule has 4 heteroatoms. The van der Waals surface area contributed by atoms with Crippen LogP contribution >= 0.6 is 0 Å². The van der Waals surface area contributed by atoms with Crippen LogP contribution in [0.4, 0.5) is 0 Å². The average molecular weight is 292 g/mol. The number of carbonyl (C=O) groups is 1. The molecule has 1 aliphatic carbocycles. The van der Waals surface area contributed by atoms with Crippen molar-refractivity contribution in [2.45, 2.75) is 38.2 Å². The summed E-state index contributed by atoms with van der Waals surface area (Å²) in [6.45, 7) is 0. The topological polar surface area (TPSA) is 44.8 Å². The highest BCUT2D eigenvalue weighted by Gasteiger charge is 2.31. The van der Waals surface area contributed by atoms with E-state index in [0.717, 1.165) is 12.8 Å². The molecule has 21 heavy (non-hydrogen) atoms. The van der Waals surface area contributed by atoms with Crippen LogP contribution in [0.5, 0.6) is 11.5 Å². The molecule has 1 aliphatic rings. The van der Waals surface area contributed by atoms with E-state index in [1.54, 1.807) is 39.5 Å². The van der Waals surface area contributed by atoms with Crippen molar-refractivity contribution < 1.29 is 19.0 Å². The molecule has 0 radical (unpaired) electrons. The lowest BCUT2D eigenvalue weighted by Gasteiger charge is -2.28. The highest BCUT2D eigenvalue weighted by Crippen LogP contribution is 2.32. The van der Waals surface area contributed by atoms with Crippen molar-refractivity contribution in [2.24, 2.45) is 5.92 Å². The van der Waals surface area contributed by atoms with E-state index in [2.05, 4.69) is 0 Å². The Labute approximate surface area is 126 Å². The fraction of sp³-hybridized carbons (Fsp3) is 0.588. The molecule has 0 aromatic heterocycles. The van der Waals surface area contributed by atoms with E-state index >= 15 is 0 Å². The lowest BCUT2D eigenvalue weighted by atomic mass is 9.82. The van der Waals surface area contributed by atoms with Gasteiger partial charge in [0.05, 0.1) is 19.8 Å². The molecule has 4 nitrogen and oxygen atoms in total. The van der Waals surface area contributed by atoms with Gasteiger partial charge in [-0.1, -0.05) is 19.3 Å². The van der Waals surface area contributed by atoms with E-state index < -0.39 is 0 Å². The molecule has 0 bridgehead atoms. The summed E-state index contributed by atoms with van der Waals surface area (Å²) in [6.07, 6.45) is 5.35. The maximum absolute atomic E-state index is 12.8. The molecule has 0 spiro atoms. The fourth-order valence-corrected chi connectivity index (χ4v) is 3.11. The Morgan fingerprint density at radius 1 is 1.10 bits per heavy atom. The molecule has 1 unspecified atom stereocenters. The molecule has 0 aliphatic heterocycles. The summed E-state index contributed by atoms with van der Waals surface area (Å²) in [7, 11) is 4.78. The lowest BCUT2D eigenvalue weighted by Crippen LogP contribution is -2.33. The minimum absolute atomic E-state index is 0.00361. The van der Waals surface area contributed by atoms with Crippen LogP contribution in [0.3, 0.4) is 0 Å². The number of ketones is 1. The van der Waals surface area contributed by atoms with Crippen LogP contribution in [0, 0.1) is 5.92 Å². The van der Waals surface area contributed by atoms with Crippen LogP contribution in [0.15, 0.2) is 18.2 Å². The van der Waals surface area contributed by atoms with Gasteiger partial charge in [0.2, 0.25) is 0 Å². The molecule has 0 amide bonds. The monoisotopic (exact) mass is 292 g/mol. The van der Waals surface area contributed by atoms with Gasteiger partial charge in [-0.25, -0.2) is 0 Å². The molecule has 1 atom stereocenters. The highest BCUT2D eigenvalue weighted by molar-refractivity contribution is 6.02. The molecule has 116 valence electrons. The SMILES string of the molecule is COc1ccc(C(=O)C(OC)C2CCCCC2)c(OC)c1. The maximum Gasteiger partial charge on any atom is 0.195 e.